The van der Waals surface area contributed by atoms with Crippen LogP contribution in [0.5, 0.6) is 0 Å². The second-order valence-electron chi connectivity index (χ2n) is 5.85. The monoisotopic (exact) mass is 314 g/mol. The predicted octanol–water partition coefficient (Wildman–Crippen LogP) is 3.05. The zero-order chi connectivity index (χ0) is 16.2. The lowest BCUT2D eigenvalue weighted by Crippen LogP contribution is -2.26. The van der Waals surface area contributed by atoms with E-state index in [0.29, 0.717) is 17.9 Å². The van der Waals surface area contributed by atoms with Crippen LogP contribution in [-0.4, -0.2) is 30.9 Å². The van der Waals surface area contributed by atoms with Crippen molar-refractivity contribution >= 4 is 5.91 Å². The zero-order valence-electron chi connectivity index (χ0n) is 12.6. The normalized spacial score (nSPS) is 18.5. The van der Waals surface area contributed by atoms with Gasteiger partial charge < -0.3 is 10.2 Å². The summed E-state index contributed by atoms with van der Waals surface area (Å²) >= 11 is 0. The first-order valence-electron chi connectivity index (χ1n) is 7.47. The van der Waals surface area contributed by atoms with Gasteiger partial charge in [0, 0.05) is 20.0 Å². The highest BCUT2D eigenvalue weighted by molar-refractivity contribution is 5.75. The molecule has 2 rings (SSSR count). The fourth-order valence-corrected chi connectivity index (χ4v) is 2.69. The quantitative estimate of drug-likeness (QED) is 0.906. The number of alkyl halides is 3. The number of benzene rings is 1. The van der Waals surface area contributed by atoms with Crippen LogP contribution in [0.4, 0.5) is 13.2 Å². The van der Waals surface area contributed by atoms with Crippen LogP contribution in [0.1, 0.15) is 30.4 Å². The smallest absolute Gasteiger partial charge is 0.341 e. The summed E-state index contributed by atoms with van der Waals surface area (Å²) in [6, 6.07) is 5.13. The molecule has 122 valence electrons. The van der Waals surface area contributed by atoms with Crippen LogP contribution >= 0.6 is 0 Å². The van der Waals surface area contributed by atoms with Gasteiger partial charge >= 0.3 is 6.18 Å². The van der Waals surface area contributed by atoms with Crippen molar-refractivity contribution in [2.24, 2.45) is 5.92 Å². The van der Waals surface area contributed by atoms with E-state index >= 15 is 0 Å². The highest BCUT2D eigenvalue weighted by Crippen LogP contribution is 2.29. The topological polar surface area (TPSA) is 32.3 Å². The second kappa shape index (κ2) is 7.13. The van der Waals surface area contributed by atoms with Crippen LogP contribution in [0.3, 0.4) is 0 Å². The van der Waals surface area contributed by atoms with E-state index < -0.39 is 11.7 Å². The molecular formula is C16H21F3N2O. The summed E-state index contributed by atoms with van der Waals surface area (Å²) in [4.78, 5) is 13.6. The van der Waals surface area contributed by atoms with Gasteiger partial charge in [0.1, 0.15) is 0 Å². The third kappa shape index (κ3) is 4.73. The standard InChI is InChI=1S/C16H21F3N2O/c1-21(15(22)6-5-12-7-8-20-10-12)11-13-3-2-4-14(9-13)16(17,18)19/h2-4,9,12,20H,5-8,10-11H2,1H3. The Balaban J connectivity index is 1.87. The van der Waals surface area contributed by atoms with Crippen molar-refractivity contribution in [1.82, 2.24) is 10.2 Å². The maximum absolute atomic E-state index is 12.7. The van der Waals surface area contributed by atoms with Crippen molar-refractivity contribution in [3.8, 4) is 0 Å². The van der Waals surface area contributed by atoms with Crippen LogP contribution in [0.15, 0.2) is 24.3 Å². The Morgan fingerprint density at radius 2 is 2.18 bits per heavy atom. The summed E-state index contributed by atoms with van der Waals surface area (Å²) in [5.41, 5.74) is -0.184. The van der Waals surface area contributed by atoms with E-state index in [4.69, 9.17) is 0 Å². The molecule has 1 N–H and O–H groups in total. The maximum atomic E-state index is 12.7. The number of hydrogen-bond donors (Lipinski definition) is 1. The molecule has 1 fully saturated rings. The first kappa shape index (κ1) is 16.8. The van der Waals surface area contributed by atoms with Gasteiger partial charge in [-0.2, -0.15) is 13.2 Å². The minimum atomic E-state index is -4.35. The summed E-state index contributed by atoms with van der Waals surface area (Å²) in [5, 5.41) is 3.25. The van der Waals surface area contributed by atoms with Crippen LogP contribution in [-0.2, 0) is 17.5 Å². The predicted molar refractivity (Wildman–Crippen MR) is 78.1 cm³/mol. The van der Waals surface area contributed by atoms with Gasteiger partial charge in [0.05, 0.1) is 5.56 Å². The van der Waals surface area contributed by atoms with Gasteiger partial charge in [0.25, 0.3) is 0 Å². The number of carbonyl (C=O) groups is 1. The van der Waals surface area contributed by atoms with Gasteiger partial charge in [-0.05, 0) is 49.5 Å². The highest BCUT2D eigenvalue weighted by atomic mass is 19.4. The minimum Gasteiger partial charge on any atom is -0.341 e. The molecule has 0 aromatic heterocycles. The summed E-state index contributed by atoms with van der Waals surface area (Å²) in [7, 11) is 1.63. The van der Waals surface area contributed by atoms with E-state index in [1.807, 2.05) is 0 Å². The summed E-state index contributed by atoms with van der Waals surface area (Å²) in [6.45, 7) is 2.15. The average Bonchev–Trinajstić information content (AvgIpc) is 2.97. The Bertz CT molecular complexity index is 510. The third-order valence-corrected chi connectivity index (χ3v) is 4.03. The van der Waals surface area contributed by atoms with E-state index in [0.717, 1.165) is 38.1 Å². The third-order valence-electron chi connectivity index (χ3n) is 4.03. The van der Waals surface area contributed by atoms with Crippen molar-refractivity contribution in [2.45, 2.75) is 32.0 Å². The van der Waals surface area contributed by atoms with Gasteiger partial charge in [0.2, 0.25) is 5.91 Å². The number of nitrogens with one attached hydrogen (secondary N) is 1. The van der Waals surface area contributed by atoms with E-state index in [9.17, 15) is 18.0 Å². The van der Waals surface area contributed by atoms with Crippen LogP contribution in [0.25, 0.3) is 0 Å². The van der Waals surface area contributed by atoms with Crippen molar-refractivity contribution in [3.63, 3.8) is 0 Å². The average molecular weight is 314 g/mol. The summed E-state index contributed by atoms with van der Waals surface area (Å²) in [5.74, 6) is 0.509. The Labute approximate surface area is 128 Å². The number of nitrogens with zero attached hydrogens (tertiary/aromatic N) is 1. The Kier molecular flexibility index (Phi) is 5.45. The lowest BCUT2D eigenvalue weighted by Gasteiger charge is -2.19. The molecule has 6 heteroatoms. The van der Waals surface area contributed by atoms with Crippen molar-refractivity contribution in [3.05, 3.63) is 35.4 Å². The van der Waals surface area contributed by atoms with Crippen LogP contribution in [0, 0.1) is 5.92 Å². The zero-order valence-corrected chi connectivity index (χ0v) is 12.6. The highest BCUT2D eigenvalue weighted by Gasteiger charge is 2.30. The molecule has 0 aliphatic carbocycles. The molecule has 1 atom stereocenters. The first-order valence-corrected chi connectivity index (χ1v) is 7.47. The van der Waals surface area contributed by atoms with Gasteiger partial charge in [-0.3, -0.25) is 4.79 Å². The molecule has 1 aromatic rings. The molecule has 3 nitrogen and oxygen atoms in total. The first-order chi connectivity index (χ1) is 10.4. The van der Waals surface area contributed by atoms with Crippen LogP contribution in [0.2, 0.25) is 0 Å². The summed E-state index contributed by atoms with van der Waals surface area (Å²) in [6.07, 6.45) is -1.99. The second-order valence-corrected chi connectivity index (χ2v) is 5.85. The maximum Gasteiger partial charge on any atom is 0.416 e. The van der Waals surface area contributed by atoms with Crippen molar-refractivity contribution in [1.29, 1.82) is 0 Å². The fraction of sp³-hybridized carbons (Fsp3) is 0.562. The number of halogens is 3. The van der Waals surface area contributed by atoms with Crippen molar-refractivity contribution in [2.75, 3.05) is 20.1 Å². The Morgan fingerprint density at radius 1 is 1.41 bits per heavy atom. The van der Waals surface area contributed by atoms with E-state index in [2.05, 4.69) is 5.32 Å². The molecule has 0 radical (unpaired) electrons. The molecule has 1 aliphatic rings. The molecular weight excluding hydrogens is 293 g/mol. The van der Waals surface area contributed by atoms with Gasteiger partial charge in [-0.1, -0.05) is 12.1 Å². The molecule has 1 aliphatic heterocycles. The SMILES string of the molecule is CN(Cc1cccc(C(F)(F)F)c1)C(=O)CCC1CCNC1. The molecule has 0 saturated carbocycles. The molecule has 1 aromatic carbocycles. The molecule has 1 heterocycles. The molecule has 1 unspecified atom stereocenters. The Hall–Kier alpha value is -1.56. The number of hydrogen-bond acceptors (Lipinski definition) is 2. The van der Waals surface area contributed by atoms with Gasteiger partial charge in [0.15, 0.2) is 0 Å². The minimum absolute atomic E-state index is 0.0238. The largest absolute Gasteiger partial charge is 0.416 e. The van der Waals surface area contributed by atoms with Crippen molar-refractivity contribution < 1.29 is 18.0 Å². The molecule has 1 saturated heterocycles. The van der Waals surface area contributed by atoms with E-state index in [1.165, 1.54) is 11.0 Å². The summed E-state index contributed by atoms with van der Waals surface area (Å²) < 4.78 is 38.0. The van der Waals surface area contributed by atoms with Crippen LogP contribution < -0.4 is 5.32 Å². The molecule has 22 heavy (non-hydrogen) atoms. The number of carbonyl (C=O) groups excluding carboxylic acids is 1. The lowest BCUT2D eigenvalue weighted by molar-refractivity contribution is -0.137. The number of rotatable bonds is 5. The van der Waals surface area contributed by atoms with E-state index in [1.54, 1.807) is 13.1 Å². The molecule has 1 amide bonds. The fourth-order valence-electron chi connectivity index (χ4n) is 2.69. The number of amides is 1. The van der Waals surface area contributed by atoms with E-state index in [-0.39, 0.29) is 12.5 Å². The Morgan fingerprint density at radius 3 is 2.82 bits per heavy atom. The van der Waals surface area contributed by atoms with Gasteiger partial charge in [-0.15, -0.1) is 0 Å². The lowest BCUT2D eigenvalue weighted by atomic mass is 10.0. The molecule has 0 spiro atoms. The molecule has 0 bridgehead atoms. The van der Waals surface area contributed by atoms with Gasteiger partial charge in [-0.25, -0.2) is 0 Å².